The number of rotatable bonds is 3. The molecule has 0 bridgehead atoms. The van der Waals surface area contributed by atoms with E-state index in [1.54, 1.807) is 13.0 Å². The Morgan fingerprint density at radius 3 is 2.70 bits per heavy atom. The molecule has 0 rings (SSSR count). The average molecular weight is 143 g/mol. The Balaban J connectivity index is 3.94. The number of nitrogens with one attached hydrogen (secondary N) is 1. The van der Waals surface area contributed by atoms with Gasteiger partial charge in [0.05, 0.1) is 0 Å². The summed E-state index contributed by atoms with van der Waals surface area (Å²) < 4.78 is 0. The zero-order valence-electron chi connectivity index (χ0n) is 5.59. The molecule has 1 atom stereocenters. The minimum absolute atomic E-state index is 0.506. The second-order valence-electron chi connectivity index (χ2n) is 1.59. The Kier molecular flexibility index (Phi) is 4.09. The molecule has 10 heavy (non-hydrogen) atoms. The number of likely N-dealkylation sites (N-methyl/N-ethyl adjacent to an activating group) is 1. The van der Waals surface area contributed by atoms with Crippen molar-refractivity contribution in [3.8, 4) is 12.0 Å². The van der Waals surface area contributed by atoms with Crippen molar-refractivity contribution >= 4 is 5.97 Å². The molecule has 0 amide bonds. The van der Waals surface area contributed by atoms with Gasteiger partial charge in [-0.15, -0.1) is 0 Å². The van der Waals surface area contributed by atoms with E-state index in [4.69, 9.17) is 10.2 Å². The molecule has 0 heterocycles. The summed E-state index contributed by atoms with van der Waals surface area (Å²) in [5, 5.41) is 19.0. The molecule has 0 radical (unpaired) electrons. The number of carboxylic acids is 1. The Labute approximate surface area is 58.9 Å². The first-order chi connectivity index (χ1) is 4.72. The van der Waals surface area contributed by atoms with Crippen LogP contribution < -0.4 is 5.32 Å². The van der Waals surface area contributed by atoms with Crippen molar-refractivity contribution < 1.29 is 15.0 Å². The van der Waals surface area contributed by atoms with E-state index in [9.17, 15) is 4.79 Å². The van der Waals surface area contributed by atoms with Crippen LogP contribution in [0.5, 0.6) is 0 Å². The van der Waals surface area contributed by atoms with Crippen LogP contribution in [0.4, 0.5) is 0 Å². The fourth-order valence-electron chi connectivity index (χ4n) is 0.469. The van der Waals surface area contributed by atoms with Gasteiger partial charge in [0.1, 0.15) is 6.11 Å². The van der Waals surface area contributed by atoms with Crippen LogP contribution in [0.25, 0.3) is 0 Å². The van der Waals surface area contributed by atoms with Gasteiger partial charge in [-0.1, -0.05) is 6.92 Å². The lowest BCUT2D eigenvalue weighted by Crippen LogP contribution is -2.35. The van der Waals surface area contributed by atoms with E-state index in [2.05, 4.69) is 11.2 Å². The summed E-state index contributed by atoms with van der Waals surface area (Å²) in [7, 11) is 0. The quantitative estimate of drug-likeness (QED) is 0.460. The number of aliphatic hydroxyl groups excluding tert-OH is 1. The molecule has 0 aliphatic rings. The van der Waals surface area contributed by atoms with E-state index in [0.29, 0.717) is 6.54 Å². The predicted molar refractivity (Wildman–Crippen MR) is 34.8 cm³/mol. The molecule has 0 saturated carbocycles. The third-order valence-electron chi connectivity index (χ3n) is 0.864. The normalized spacial score (nSPS) is 11.3. The summed E-state index contributed by atoms with van der Waals surface area (Å²) in [5.41, 5.74) is 0. The summed E-state index contributed by atoms with van der Waals surface area (Å²) in [5.74, 6) is 0.998. The van der Waals surface area contributed by atoms with Gasteiger partial charge in [0, 0.05) is 0 Å². The van der Waals surface area contributed by atoms with Crippen LogP contribution in [0.15, 0.2) is 0 Å². The van der Waals surface area contributed by atoms with Crippen molar-refractivity contribution in [2.24, 2.45) is 0 Å². The highest BCUT2D eigenvalue weighted by Crippen LogP contribution is 1.78. The van der Waals surface area contributed by atoms with Crippen molar-refractivity contribution in [2.75, 3.05) is 6.54 Å². The Morgan fingerprint density at radius 1 is 1.80 bits per heavy atom. The largest absolute Gasteiger partial charge is 0.479 e. The summed E-state index contributed by atoms with van der Waals surface area (Å²) in [6, 6.07) is -0.963. The molecule has 0 aliphatic heterocycles. The van der Waals surface area contributed by atoms with E-state index >= 15 is 0 Å². The van der Waals surface area contributed by atoms with Gasteiger partial charge >= 0.3 is 5.97 Å². The predicted octanol–water partition coefficient (Wildman–Crippen LogP) is -0.617. The second-order valence-corrected chi connectivity index (χ2v) is 1.59. The summed E-state index contributed by atoms with van der Waals surface area (Å²) >= 11 is 0. The van der Waals surface area contributed by atoms with Gasteiger partial charge in [-0.2, -0.15) is 0 Å². The lowest BCUT2D eigenvalue weighted by molar-refractivity contribution is -0.137. The molecule has 0 saturated heterocycles. The monoisotopic (exact) mass is 143 g/mol. The van der Waals surface area contributed by atoms with Gasteiger partial charge in [0.2, 0.25) is 0 Å². The van der Waals surface area contributed by atoms with E-state index in [0.717, 1.165) is 0 Å². The molecule has 3 N–H and O–H groups in total. The summed E-state index contributed by atoms with van der Waals surface area (Å²) in [6.07, 6.45) is 1.54. The first-order valence-corrected chi connectivity index (χ1v) is 2.83. The van der Waals surface area contributed by atoms with Crippen LogP contribution in [-0.2, 0) is 4.79 Å². The van der Waals surface area contributed by atoms with Gasteiger partial charge in [0.15, 0.2) is 6.04 Å². The van der Waals surface area contributed by atoms with E-state index in [1.807, 2.05) is 0 Å². The van der Waals surface area contributed by atoms with Gasteiger partial charge in [-0.05, 0) is 12.5 Å². The van der Waals surface area contributed by atoms with E-state index in [-0.39, 0.29) is 0 Å². The van der Waals surface area contributed by atoms with E-state index in [1.165, 1.54) is 0 Å². The molecule has 56 valence electrons. The van der Waals surface area contributed by atoms with Crippen molar-refractivity contribution in [1.82, 2.24) is 5.32 Å². The third kappa shape index (κ3) is 2.95. The number of carboxylic acid groups (broad SMARTS) is 1. The molecular weight excluding hydrogens is 134 g/mol. The van der Waals surface area contributed by atoms with Gasteiger partial charge in [0.25, 0.3) is 0 Å². The lowest BCUT2D eigenvalue weighted by atomic mass is 10.3. The molecule has 0 aromatic carbocycles. The SMILES string of the molecule is CCN[C@@H](C#CO)C(=O)O. The fourth-order valence-corrected chi connectivity index (χ4v) is 0.469. The number of hydrogen-bond acceptors (Lipinski definition) is 3. The number of aliphatic carboxylic acids is 1. The van der Waals surface area contributed by atoms with Crippen LogP contribution >= 0.6 is 0 Å². The molecule has 0 spiro atoms. The molecular formula is C6H9NO3. The van der Waals surface area contributed by atoms with Crippen molar-refractivity contribution in [3.63, 3.8) is 0 Å². The molecule has 0 aromatic heterocycles. The molecule has 0 fully saturated rings. The molecule has 0 aliphatic carbocycles. The molecule has 4 heteroatoms. The first kappa shape index (κ1) is 8.79. The minimum Gasteiger partial charge on any atom is -0.479 e. The standard InChI is InChI=1S/C6H9NO3/c1-2-7-5(3-4-8)6(9)10/h5,7-8H,2H2,1H3,(H,9,10)/t5-/m0/s1. The maximum absolute atomic E-state index is 10.2. The maximum atomic E-state index is 10.2. The van der Waals surface area contributed by atoms with Gasteiger partial charge in [-0.3, -0.25) is 5.32 Å². The number of hydrogen-bond donors (Lipinski definition) is 3. The van der Waals surface area contributed by atoms with Crippen LogP contribution in [-0.4, -0.2) is 28.8 Å². The highest BCUT2D eigenvalue weighted by molar-refractivity contribution is 5.77. The zero-order valence-corrected chi connectivity index (χ0v) is 5.59. The van der Waals surface area contributed by atoms with Crippen LogP contribution in [0.2, 0.25) is 0 Å². The summed E-state index contributed by atoms with van der Waals surface area (Å²) in [6.45, 7) is 2.26. The topological polar surface area (TPSA) is 69.6 Å². The Bertz CT molecular complexity index is 168. The average Bonchev–Trinajstić information content (AvgIpc) is 1.87. The Hall–Kier alpha value is -1.21. The van der Waals surface area contributed by atoms with Crippen LogP contribution in [0, 0.1) is 12.0 Å². The zero-order chi connectivity index (χ0) is 7.98. The van der Waals surface area contributed by atoms with Crippen LogP contribution in [0.3, 0.4) is 0 Å². The first-order valence-electron chi connectivity index (χ1n) is 2.83. The highest BCUT2D eigenvalue weighted by Gasteiger charge is 2.11. The minimum atomic E-state index is -1.08. The van der Waals surface area contributed by atoms with Crippen LogP contribution in [0.1, 0.15) is 6.92 Å². The molecule has 0 unspecified atom stereocenters. The highest BCUT2D eigenvalue weighted by atomic mass is 16.4. The fraction of sp³-hybridized carbons (Fsp3) is 0.500. The Morgan fingerprint density at radius 2 is 2.40 bits per heavy atom. The van der Waals surface area contributed by atoms with Crippen molar-refractivity contribution in [1.29, 1.82) is 0 Å². The number of aliphatic hydroxyl groups is 1. The number of carbonyl (C=O) groups is 1. The smallest absolute Gasteiger partial charge is 0.333 e. The third-order valence-corrected chi connectivity index (χ3v) is 0.864. The van der Waals surface area contributed by atoms with Gasteiger partial charge in [-0.25, -0.2) is 4.79 Å². The van der Waals surface area contributed by atoms with E-state index < -0.39 is 12.0 Å². The summed E-state index contributed by atoms with van der Waals surface area (Å²) in [4.78, 5) is 10.2. The lowest BCUT2D eigenvalue weighted by Gasteiger charge is -2.02. The maximum Gasteiger partial charge on any atom is 0.333 e. The van der Waals surface area contributed by atoms with Gasteiger partial charge < -0.3 is 10.2 Å². The van der Waals surface area contributed by atoms with Crippen molar-refractivity contribution in [3.05, 3.63) is 0 Å². The second kappa shape index (κ2) is 4.65. The molecule has 4 nitrogen and oxygen atoms in total. The molecule has 0 aromatic rings. The van der Waals surface area contributed by atoms with Crippen molar-refractivity contribution in [2.45, 2.75) is 13.0 Å².